The first-order chi connectivity index (χ1) is 12.9. The van der Waals surface area contributed by atoms with Gasteiger partial charge in [-0.1, -0.05) is 18.9 Å². The lowest BCUT2D eigenvalue weighted by Crippen LogP contribution is -2.33. The van der Waals surface area contributed by atoms with Crippen molar-refractivity contribution in [2.24, 2.45) is 0 Å². The zero-order valence-corrected chi connectivity index (χ0v) is 14.4. The maximum atomic E-state index is 6.63. The second-order valence-electron chi connectivity index (χ2n) is 7.39. The number of hydrogen-bond donors (Lipinski definition) is 0. The van der Waals surface area contributed by atoms with Crippen LogP contribution < -0.4 is 18.9 Å². The van der Waals surface area contributed by atoms with Crippen LogP contribution in [0, 0.1) is 0 Å². The third-order valence-electron chi connectivity index (χ3n) is 5.97. The van der Waals surface area contributed by atoms with Crippen LogP contribution in [0.2, 0.25) is 0 Å². The van der Waals surface area contributed by atoms with Crippen LogP contribution in [0.5, 0.6) is 23.0 Å². The summed E-state index contributed by atoms with van der Waals surface area (Å²) in [5, 5.41) is 0. The zero-order chi connectivity index (χ0) is 17.1. The number of rotatable bonds is 1. The highest BCUT2D eigenvalue weighted by Gasteiger charge is 2.39. The molecule has 26 heavy (non-hydrogen) atoms. The fourth-order valence-corrected chi connectivity index (χ4v) is 4.72. The number of ether oxygens (including phenoxy) is 5. The first kappa shape index (κ1) is 14.7. The van der Waals surface area contributed by atoms with E-state index >= 15 is 0 Å². The Kier molecular flexibility index (Phi) is 3.14. The van der Waals surface area contributed by atoms with E-state index in [-0.39, 0.29) is 19.0 Å². The molecule has 0 N–H and O–H groups in total. The van der Waals surface area contributed by atoms with Crippen LogP contribution in [-0.4, -0.2) is 19.7 Å². The molecule has 0 radical (unpaired) electrons. The van der Waals surface area contributed by atoms with E-state index < -0.39 is 0 Å². The van der Waals surface area contributed by atoms with E-state index in [0.717, 1.165) is 35.0 Å². The molecule has 1 saturated carbocycles. The van der Waals surface area contributed by atoms with Gasteiger partial charge >= 0.3 is 0 Å². The summed E-state index contributed by atoms with van der Waals surface area (Å²) in [6.45, 7) is 0.576. The standard InChI is InChI=1S/C21H20O5/c1-2-4-16-13(3-1)14-8-19-20(25-11-24-19)9-15(14)21(26-16)12-5-6-17-18(7-12)23-10-22-17/h5-9,13,16,21H,1-4,10-11H2/t13-,16-,21-/m0/s1. The van der Waals surface area contributed by atoms with E-state index in [1.54, 1.807) is 0 Å². The van der Waals surface area contributed by atoms with E-state index in [1.165, 1.54) is 30.4 Å². The summed E-state index contributed by atoms with van der Waals surface area (Å²) in [4.78, 5) is 0. The molecule has 3 aliphatic heterocycles. The van der Waals surface area contributed by atoms with Crippen LogP contribution in [0.4, 0.5) is 0 Å². The second kappa shape index (κ2) is 5.55. The Morgan fingerprint density at radius 3 is 2.23 bits per heavy atom. The van der Waals surface area contributed by atoms with Gasteiger partial charge in [0.05, 0.1) is 6.10 Å². The van der Waals surface area contributed by atoms with Crippen LogP contribution >= 0.6 is 0 Å². The van der Waals surface area contributed by atoms with E-state index in [2.05, 4.69) is 18.2 Å². The average molecular weight is 352 g/mol. The van der Waals surface area contributed by atoms with Crippen molar-refractivity contribution in [2.75, 3.05) is 13.6 Å². The quantitative estimate of drug-likeness (QED) is 0.766. The van der Waals surface area contributed by atoms with Crippen molar-refractivity contribution < 1.29 is 23.7 Å². The molecule has 5 heteroatoms. The molecule has 5 nitrogen and oxygen atoms in total. The van der Waals surface area contributed by atoms with Crippen LogP contribution in [0.15, 0.2) is 30.3 Å². The molecule has 1 aliphatic carbocycles. The Morgan fingerprint density at radius 1 is 0.692 bits per heavy atom. The maximum absolute atomic E-state index is 6.63. The van der Waals surface area contributed by atoms with Gasteiger partial charge < -0.3 is 23.7 Å². The van der Waals surface area contributed by atoms with Gasteiger partial charge in [-0.15, -0.1) is 0 Å². The first-order valence-electron chi connectivity index (χ1n) is 9.35. The fourth-order valence-electron chi connectivity index (χ4n) is 4.72. The fraction of sp³-hybridized carbons (Fsp3) is 0.429. The van der Waals surface area contributed by atoms with Crippen molar-refractivity contribution in [3.05, 3.63) is 47.0 Å². The van der Waals surface area contributed by atoms with Gasteiger partial charge in [0.25, 0.3) is 0 Å². The molecule has 0 spiro atoms. The summed E-state index contributed by atoms with van der Waals surface area (Å²) < 4.78 is 28.9. The average Bonchev–Trinajstić information content (AvgIpc) is 3.33. The molecular formula is C21H20O5. The largest absolute Gasteiger partial charge is 0.454 e. The molecule has 2 aromatic carbocycles. The molecule has 3 atom stereocenters. The number of benzene rings is 2. The van der Waals surface area contributed by atoms with Crippen LogP contribution in [0.25, 0.3) is 0 Å². The Hall–Kier alpha value is -2.40. The minimum Gasteiger partial charge on any atom is -0.454 e. The normalized spacial score (nSPS) is 27.8. The number of fused-ring (bicyclic) bond motifs is 5. The lowest BCUT2D eigenvalue weighted by atomic mass is 9.76. The van der Waals surface area contributed by atoms with Crippen molar-refractivity contribution in [2.45, 2.75) is 43.8 Å². The molecule has 1 fully saturated rings. The van der Waals surface area contributed by atoms with Gasteiger partial charge in [-0.3, -0.25) is 0 Å². The highest BCUT2D eigenvalue weighted by molar-refractivity contribution is 5.55. The molecule has 0 unspecified atom stereocenters. The minimum atomic E-state index is -0.117. The monoisotopic (exact) mass is 352 g/mol. The highest BCUT2D eigenvalue weighted by atomic mass is 16.7. The van der Waals surface area contributed by atoms with Crippen molar-refractivity contribution in [1.82, 2.24) is 0 Å². The van der Waals surface area contributed by atoms with Gasteiger partial charge in [-0.05, 0) is 53.8 Å². The van der Waals surface area contributed by atoms with E-state index in [1.807, 2.05) is 12.1 Å². The van der Waals surface area contributed by atoms with Crippen LogP contribution in [0.1, 0.15) is 54.4 Å². The molecule has 0 aromatic heterocycles. The third kappa shape index (κ3) is 2.13. The van der Waals surface area contributed by atoms with E-state index in [0.29, 0.717) is 12.7 Å². The van der Waals surface area contributed by atoms with Crippen molar-refractivity contribution in [3.8, 4) is 23.0 Å². The summed E-state index contributed by atoms with van der Waals surface area (Å²) >= 11 is 0. The van der Waals surface area contributed by atoms with Crippen molar-refractivity contribution in [3.63, 3.8) is 0 Å². The second-order valence-corrected chi connectivity index (χ2v) is 7.39. The maximum Gasteiger partial charge on any atom is 0.231 e. The van der Waals surface area contributed by atoms with Crippen molar-refractivity contribution in [1.29, 1.82) is 0 Å². The summed E-state index contributed by atoms with van der Waals surface area (Å²) in [6.07, 6.45) is 4.91. The summed E-state index contributed by atoms with van der Waals surface area (Å²) in [7, 11) is 0. The van der Waals surface area contributed by atoms with Crippen LogP contribution in [0.3, 0.4) is 0 Å². The van der Waals surface area contributed by atoms with Gasteiger partial charge in [-0.25, -0.2) is 0 Å². The lowest BCUT2D eigenvalue weighted by molar-refractivity contribution is -0.0390. The Morgan fingerprint density at radius 2 is 1.38 bits per heavy atom. The lowest BCUT2D eigenvalue weighted by Gasteiger charge is -2.41. The van der Waals surface area contributed by atoms with Gasteiger partial charge in [0, 0.05) is 5.92 Å². The van der Waals surface area contributed by atoms with Crippen molar-refractivity contribution >= 4 is 0 Å². The molecular weight excluding hydrogens is 332 g/mol. The van der Waals surface area contributed by atoms with Gasteiger partial charge in [0.2, 0.25) is 13.6 Å². The van der Waals surface area contributed by atoms with Gasteiger partial charge in [0.15, 0.2) is 23.0 Å². The predicted molar refractivity (Wildman–Crippen MR) is 93.1 cm³/mol. The smallest absolute Gasteiger partial charge is 0.231 e. The molecule has 0 amide bonds. The predicted octanol–water partition coefficient (Wildman–Crippen LogP) is 4.29. The van der Waals surface area contributed by atoms with Gasteiger partial charge in [-0.2, -0.15) is 0 Å². The number of hydrogen-bond acceptors (Lipinski definition) is 5. The molecule has 3 heterocycles. The van der Waals surface area contributed by atoms with Crippen LogP contribution in [-0.2, 0) is 4.74 Å². The van der Waals surface area contributed by atoms with E-state index in [9.17, 15) is 0 Å². The third-order valence-corrected chi connectivity index (χ3v) is 5.97. The Balaban J connectivity index is 1.49. The Labute approximate surface area is 151 Å². The topological polar surface area (TPSA) is 46.2 Å². The first-order valence-corrected chi connectivity index (χ1v) is 9.35. The molecule has 0 bridgehead atoms. The minimum absolute atomic E-state index is 0.117. The van der Waals surface area contributed by atoms with E-state index in [4.69, 9.17) is 23.7 Å². The van der Waals surface area contributed by atoms with Gasteiger partial charge in [0.1, 0.15) is 6.10 Å². The Bertz CT molecular complexity index is 877. The molecule has 6 rings (SSSR count). The molecule has 2 aromatic rings. The highest BCUT2D eigenvalue weighted by Crippen LogP contribution is 2.51. The zero-order valence-electron chi connectivity index (χ0n) is 14.4. The summed E-state index contributed by atoms with van der Waals surface area (Å²) in [5.41, 5.74) is 3.64. The SMILES string of the molecule is c1cc2c(cc1[C@@H]1O[C@H]3CCCC[C@H]3c3cc4c(cc31)OCO4)OCO2. The molecule has 4 aliphatic rings. The molecule has 134 valence electrons. The summed E-state index contributed by atoms with van der Waals surface area (Å²) in [5.74, 6) is 3.70. The summed E-state index contributed by atoms with van der Waals surface area (Å²) in [6, 6.07) is 10.4. The molecule has 0 saturated heterocycles.